The van der Waals surface area contributed by atoms with E-state index in [-0.39, 0.29) is 24.5 Å². The van der Waals surface area contributed by atoms with Gasteiger partial charge in [0.1, 0.15) is 0 Å². The SMILES string of the molecule is Cc1ccc([C@@H](NCC(=O)NC(=O)NC2CCCCC2)c2ccccc2)cc1. The average Bonchev–Trinajstić information content (AvgIpc) is 2.71. The Hall–Kier alpha value is -2.66. The van der Waals surface area contributed by atoms with Crippen LogP contribution in [0, 0.1) is 6.92 Å². The Morgan fingerprint density at radius 2 is 1.57 bits per heavy atom. The summed E-state index contributed by atoms with van der Waals surface area (Å²) in [5.41, 5.74) is 3.34. The summed E-state index contributed by atoms with van der Waals surface area (Å²) in [6.07, 6.45) is 5.47. The number of nitrogens with one attached hydrogen (secondary N) is 3. The minimum atomic E-state index is -0.398. The fourth-order valence-electron chi connectivity index (χ4n) is 3.67. The molecular formula is C23H29N3O2. The number of amides is 3. The van der Waals surface area contributed by atoms with Crippen molar-refractivity contribution >= 4 is 11.9 Å². The summed E-state index contributed by atoms with van der Waals surface area (Å²) in [4.78, 5) is 24.4. The number of hydrogen-bond donors (Lipinski definition) is 3. The van der Waals surface area contributed by atoms with Gasteiger partial charge in [0.2, 0.25) is 5.91 Å². The van der Waals surface area contributed by atoms with Crippen LogP contribution in [0.5, 0.6) is 0 Å². The lowest BCUT2D eigenvalue weighted by Crippen LogP contribution is -2.47. The highest BCUT2D eigenvalue weighted by atomic mass is 16.2. The Labute approximate surface area is 166 Å². The maximum atomic E-state index is 12.3. The van der Waals surface area contributed by atoms with Gasteiger partial charge in [-0.15, -0.1) is 0 Å². The van der Waals surface area contributed by atoms with E-state index in [1.165, 1.54) is 12.0 Å². The van der Waals surface area contributed by atoms with E-state index in [1.54, 1.807) is 0 Å². The molecular weight excluding hydrogens is 350 g/mol. The van der Waals surface area contributed by atoms with E-state index < -0.39 is 6.03 Å². The number of benzene rings is 2. The fourth-order valence-corrected chi connectivity index (χ4v) is 3.67. The van der Waals surface area contributed by atoms with Gasteiger partial charge in [-0.05, 0) is 30.9 Å². The van der Waals surface area contributed by atoms with Crippen molar-refractivity contribution in [2.24, 2.45) is 0 Å². The number of urea groups is 1. The molecule has 3 amide bonds. The lowest BCUT2D eigenvalue weighted by molar-refractivity contribution is -0.119. The van der Waals surface area contributed by atoms with Crippen LogP contribution in [-0.4, -0.2) is 24.5 Å². The third kappa shape index (κ3) is 5.92. The molecule has 0 aliphatic heterocycles. The first-order chi connectivity index (χ1) is 13.6. The highest BCUT2D eigenvalue weighted by Crippen LogP contribution is 2.22. The Morgan fingerprint density at radius 1 is 0.929 bits per heavy atom. The molecule has 1 aliphatic rings. The van der Waals surface area contributed by atoms with Crippen molar-refractivity contribution in [1.82, 2.24) is 16.0 Å². The summed E-state index contributed by atoms with van der Waals surface area (Å²) in [6.45, 7) is 2.11. The van der Waals surface area contributed by atoms with Crippen LogP contribution < -0.4 is 16.0 Å². The largest absolute Gasteiger partial charge is 0.335 e. The molecule has 0 heterocycles. The van der Waals surface area contributed by atoms with Gasteiger partial charge in [-0.2, -0.15) is 0 Å². The predicted molar refractivity (Wildman–Crippen MR) is 111 cm³/mol. The molecule has 0 unspecified atom stereocenters. The monoisotopic (exact) mass is 379 g/mol. The van der Waals surface area contributed by atoms with Gasteiger partial charge >= 0.3 is 6.03 Å². The smallest absolute Gasteiger partial charge is 0.321 e. The zero-order chi connectivity index (χ0) is 19.8. The number of hydrogen-bond acceptors (Lipinski definition) is 3. The number of aryl methyl sites for hydroxylation is 1. The van der Waals surface area contributed by atoms with Gasteiger partial charge in [0, 0.05) is 6.04 Å². The topological polar surface area (TPSA) is 70.2 Å². The van der Waals surface area contributed by atoms with Crippen molar-refractivity contribution in [3.63, 3.8) is 0 Å². The number of carbonyl (C=O) groups excluding carboxylic acids is 2. The van der Waals surface area contributed by atoms with Gasteiger partial charge in [0.25, 0.3) is 0 Å². The summed E-state index contributed by atoms with van der Waals surface area (Å²) in [5, 5.41) is 8.64. The number of carbonyl (C=O) groups is 2. The van der Waals surface area contributed by atoms with Gasteiger partial charge in [0.15, 0.2) is 0 Å². The van der Waals surface area contributed by atoms with Crippen LogP contribution in [0.2, 0.25) is 0 Å². The van der Waals surface area contributed by atoms with Crippen LogP contribution in [0.1, 0.15) is 54.8 Å². The second-order valence-electron chi connectivity index (χ2n) is 7.49. The van der Waals surface area contributed by atoms with E-state index in [4.69, 9.17) is 0 Å². The molecule has 5 heteroatoms. The Morgan fingerprint density at radius 3 is 2.25 bits per heavy atom. The van der Waals surface area contributed by atoms with E-state index in [0.29, 0.717) is 0 Å². The zero-order valence-electron chi connectivity index (χ0n) is 16.4. The van der Waals surface area contributed by atoms with Crippen LogP contribution in [-0.2, 0) is 4.79 Å². The van der Waals surface area contributed by atoms with Crippen LogP contribution in [0.4, 0.5) is 4.79 Å². The molecule has 5 nitrogen and oxygen atoms in total. The first-order valence-electron chi connectivity index (χ1n) is 10.1. The van der Waals surface area contributed by atoms with Crippen molar-refractivity contribution in [1.29, 1.82) is 0 Å². The Kier molecular flexibility index (Phi) is 7.20. The molecule has 2 aromatic rings. The fraction of sp³-hybridized carbons (Fsp3) is 0.391. The molecule has 0 radical (unpaired) electrons. The summed E-state index contributed by atoms with van der Waals surface area (Å²) in [5.74, 6) is -0.332. The number of imide groups is 1. The average molecular weight is 380 g/mol. The van der Waals surface area contributed by atoms with Gasteiger partial charge in [-0.1, -0.05) is 79.4 Å². The van der Waals surface area contributed by atoms with Crippen LogP contribution in [0.15, 0.2) is 54.6 Å². The van der Waals surface area contributed by atoms with Gasteiger partial charge < -0.3 is 5.32 Å². The lowest BCUT2D eigenvalue weighted by atomic mass is 9.96. The minimum absolute atomic E-state index is 0.0610. The molecule has 3 N–H and O–H groups in total. The first kappa shape index (κ1) is 20.1. The molecule has 1 fully saturated rings. The third-order valence-corrected chi connectivity index (χ3v) is 5.20. The standard InChI is InChI=1S/C23H29N3O2/c1-17-12-14-19(15-13-17)22(18-8-4-2-5-9-18)24-16-21(27)26-23(28)25-20-10-6-3-7-11-20/h2,4-5,8-9,12-15,20,22,24H,3,6-7,10-11,16H2,1H3,(H2,25,26,27,28)/t22-/m0/s1. The second-order valence-corrected chi connectivity index (χ2v) is 7.49. The predicted octanol–water partition coefficient (Wildman–Crippen LogP) is 3.83. The normalized spacial score (nSPS) is 15.6. The van der Waals surface area contributed by atoms with Gasteiger partial charge in [-0.25, -0.2) is 4.79 Å². The molecule has 3 rings (SSSR count). The van der Waals surface area contributed by atoms with Crippen molar-refractivity contribution < 1.29 is 9.59 Å². The first-order valence-corrected chi connectivity index (χ1v) is 10.1. The summed E-state index contributed by atoms with van der Waals surface area (Å²) in [7, 11) is 0. The van der Waals surface area contributed by atoms with E-state index in [2.05, 4.69) is 40.2 Å². The van der Waals surface area contributed by atoms with Crippen molar-refractivity contribution in [2.45, 2.75) is 51.1 Å². The molecule has 0 spiro atoms. The van der Waals surface area contributed by atoms with Crippen LogP contribution in [0.25, 0.3) is 0 Å². The molecule has 1 aliphatic carbocycles. The van der Waals surface area contributed by atoms with Gasteiger partial charge in [-0.3, -0.25) is 15.4 Å². The quantitative estimate of drug-likeness (QED) is 0.714. The van der Waals surface area contributed by atoms with Crippen molar-refractivity contribution in [3.05, 3.63) is 71.3 Å². The second kappa shape index (κ2) is 10.0. The Balaban J connectivity index is 1.57. The highest BCUT2D eigenvalue weighted by Gasteiger charge is 2.18. The van der Waals surface area contributed by atoms with E-state index in [9.17, 15) is 9.59 Å². The van der Waals surface area contributed by atoms with Crippen LogP contribution >= 0.6 is 0 Å². The molecule has 0 saturated heterocycles. The van der Waals surface area contributed by atoms with E-state index in [1.807, 2.05) is 37.3 Å². The molecule has 28 heavy (non-hydrogen) atoms. The Bertz CT molecular complexity index is 768. The molecule has 0 aromatic heterocycles. The molecule has 1 atom stereocenters. The lowest BCUT2D eigenvalue weighted by Gasteiger charge is -2.23. The van der Waals surface area contributed by atoms with E-state index >= 15 is 0 Å². The maximum absolute atomic E-state index is 12.3. The third-order valence-electron chi connectivity index (χ3n) is 5.20. The van der Waals surface area contributed by atoms with Gasteiger partial charge in [0.05, 0.1) is 12.6 Å². The van der Waals surface area contributed by atoms with Crippen molar-refractivity contribution in [3.8, 4) is 0 Å². The maximum Gasteiger partial charge on any atom is 0.321 e. The summed E-state index contributed by atoms with van der Waals surface area (Å²) in [6, 6.07) is 17.9. The summed E-state index contributed by atoms with van der Waals surface area (Å²) < 4.78 is 0. The highest BCUT2D eigenvalue weighted by molar-refractivity contribution is 5.95. The summed E-state index contributed by atoms with van der Waals surface area (Å²) >= 11 is 0. The minimum Gasteiger partial charge on any atom is -0.335 e. The van der Waals surface area contributed by atoms with Crippen LogP contribution in [0.3, 0.4) is 0 Å². The van der Waals surface area contributed by atoms with E-state index in [0.717, 1.165) is 36.8 Å². The van der Waals surface area contributed by atoms with Crippen molar-refractivity contribution in [2.75, 3.05) is 6.54 Å². The number of rotatable bonds is 6. The molecule has 1 saturated carbocycles. The molecule has 2 aromatic carbocycles. The molecule has 0 bridgehead atoms. The zero-order valence-corrected chi connectivity index (χ0v) is 16.4. The molecule has 148 valence electrons.